The van der Waals surface area contributed by atoms with Crippen molar-refractivity contribution in [2.24, 2.45) is 0 Å². The number of benzene rings is 1. The molecule has 0 heterocycles. The van der Waals surface area contributed by atoms with Gasteiger partial charge in [-0.05, 0) is 39.1 Å². The van der Waals surface area contributed by atoms with E-state index in [-0.39, 0.29) is 5.97 Å². The first-order chi connectivity index (χ1) is 8.92. The maximum absolute atomic E-state index is 11.9. The van der Waals surface area contributed by atoms with E-state index in [1.54, 1.807) is 39.1 Å². The number of carbonyl (C=O) groups excluding carboxylic acids is 1. The zero-order chi connectivity index (χ0) is 14.5. The van der Waals surface area contributed by atoms with Gasteiger partial charge in [0.25, 0.3) is 0 Å². The Morgan fingerprint density at radius 3 is 2.74 bits per heavy atom. The first kappa shape index (κ1) is 16.6. The second-order valence-electron chi connectivity index (χ2n) is 4.17. The number of hydrogen-bond acceptors (Lipinski definition) is 4. The van der Waals surface area contributed by atoms with Gasteiger partial charge >= 0.3 is 5.97 Å². The molecule has 0 aliphatic heterocycles. The highest BCUT2D eigenvalue weighted by Gasteiger charge is 2.33. The predicted molar refractivity (Wildman–Crippen MR) is 81.3 cm³/mol. The number of carbonyl (C=O) groups is 1. The molecular weight excluding hydrogens is 305 g/mol. The fraction of sp³-hybridized carbons (Fsp3) is 0.462. The fourth-order valence-electron chi connectivity index (χ4n) is 1.33. The quantitative estimate of drug-likeness (QED) is 0.641. The van der Waals surface area contributed by atoms with Gasteiger partial charge in [-0.15, -0.1) is 11.8 Å². The summed E-state index contributed by atoms with van der Waals surface area (Å²) in [6.07, 6.45) is 0. The molecule has 0 aliphatic carbocycles. The van der Waals surface area contributed by atoms with Crippen molar-refractivity contribution in [2.75, 3.05) is 19.4 Å². The normalized spacial score (nSPS) is 13.9. The van der Waals surface area contributed by atoms with Gasteiger partial charge < -0.3 is 10.1 Å². The van der Waals surface area contributed by atoms with Gasteiger partial charge in [-0.3, -0.25) is 4.79 Å². The molecule has 0 aliphatic rings. The SMILES string of the molecule is CCOC(=O)C(C)(CSc1cc(Cl)ccc1Cl)NC. The molecule has 0 aromatic heterocycles. The third-order valence-electron chi connectivity index (χ3n) is 2.69. The summed E-state index contributed by atoms with van der Waals surface area (Å²) in [4.78, 5) is 12.8. The Morgan fingerprint density at radius 1 is 1.47 bits per heavy atom. The summed E-state index contributed by atoms with van der Waals surface area (Å²) in [6.45, 7) is 3.95. The zero-order valence-electron chi connectivity index (χ0n) is 11.1. The molecule has 0 bridgehead atoms. The highest BCUT2D eigenvalue weighted by atomic mass is 35.5. The Labute approximate surface area is 128 Å². The molecule has 1 unspecified atom stereocenters. The van der Waals surface area contributed by atoms with E-state index in [0.717, 1.165) is 4.90 Å². The lowest BCUT2D eigenvalue weighted by atomic mass is 10.1. The molecule has 1 rings (SSSR count). The topological polar surface area (TPSA) is 38.3 Å². The van der Waals surface area contributed by atoms with Crippen LogP contribution in [-0.2, 0) is 9.53 Å². The molecule has 3 nitrogen and oxygen atoms in total. The van der Waals surface area contributed by atoms with Gasteiger partial charge in [0.2, 0.25) is 0 Å². The highest BCUT2D eigenvalue weighted by molar-refractivity contribution is 7.99. The minimum atomic E-state index is -0.758. The first-order valence-electron chi connectivity index (χ1n) is 5.87. The van der Waals surface area contributed by atoms with E-state index in [9.17, 15) is 4.79 Å². The van der Waals surface area contributed by atoms with Crippen LogP contribution in [0.2, 0.25) is 10.0 Å². The number of ether oxygens (including phenoxy) is 1. The molecule has 19 heavy (non-hydrogen) atoms. The van der Waals surface area contributed by atoms with E-state index in [2.05, 4.69) is 5.32 Å². The van der Waals surface area contributed by atoms with Gasteiger partial charge in [0.05, 0.1) is 11.6 Å². The molecule has 0 amide bonds. The van der Waals surface area contributed by atoms with Crippen LogP contribution in [0.25, 0.3) is 0 Å². The summed E-state index contributed by atoms with van der Waals surface area (Å²) in [6, 6.07) is 5.26. The van der Waals surface area contributed by atoms with E-state index in [4.69, 9.17) is 27.9 Å². The summed E-state index contributed by atoms with van der Waals surface area (Å²) in [7, 11) is 1.73. The van der Waals surface area contributed by atoms with E-state index in [1.165, 1.54) is 11.8 Å². The van der Waals surface area contributed by atoms with Crippen LogP contribution in [0.4, 0.5) is 0 Å². The number of rotatable bonds is 6. The van der Waals surface area contributed by atoms with Crippen molar-refractivity contribution in [3.05, 3.63) is 28.2 Å². The Kier molecular flexibility index (Phi) is 6.47. The van der Waals surface area contributed by atoms with Crippen LogP contribution in [0.1, 0.15) is 13.8 Å². The number of thioether (sulfide) groups is 1. The molecule has 0 saturated heterocycles. The van der Waals surface area contributed by atoms with Crippen LogP contribution in [-0.4, -0.2) is 30.9 Å². The van der Waals surface area contributed by atoms with Crippen LogP contribution in [0, 0.1) is 0 Å². The first-order valence-corrected chi connectivity index (χ1v) is 7.61. The summed E-state index contributed by atoms with van der Waals surface area (Å²) in [5.41, 5.74) is -0.758. The van der Waals surface area contributed by atoms with Crippen LogP contribution in [0.3, 0.4) is 0 Å². The third kappa shape index (κ3) is 4.56. The van der Waals surface area contributed by atoms with Crippen molar-refractivity contribution in [2.45, 2.75) is 24.3 Å². The maximum atomic E-state index is 11.9. The molecule has 1 atom stereocenters. The lowest BCUT2D eigenvalue weighted by molar-refractivity contribution is -0.149. The van der Waals surface area contributed by atoms with Gasteiger partial charge in [-0.1, -0.05) is 23.2 Å². The second kappa shape index (κ2) is 7.39. The monoisotopic (exact) mass is 321 g/mol. The Morgan fingerprint density at radius 2 is 2.16 bits per heavy atom. The number of esters is 1. The molecular formula is C13H17Cl2NO2S. The van der Waals surface area contributed by atoms with Gasteiger partial charge in [0.15, 0.2) is 0 Å². The van der Waals surface area contributed by atoms with Gasteiger partial charge in [0, 0.05) is 15.7 Å². The van der Waals surface area contributed by atoms with Gasteiger partial charge in [-0.2, -0.15) is 0 Å². The molecule has 0 spiro atoms. The van der Waals surface area contributed by atoms with Crippen LogP contribution in [0.15, 0.2) is 23.1 Å². The van der Waals surface area contributed by atoms with Gasteiger partial charge in [-0.25, -0.2) is 0 Å². The van der Waals surface area contributed by atoms with Crippen molar-refractivity contribution < 1.29 is 9.53 Å². The molecule has 1 N–H and O–H groups in total. The Hall–Kier alpha value is -0.420. The second-order valence-corrected chi connectivity index (χ2v) is 6.03. The molecule has 106 valence electrons. The fourth-order valence-corrected chi connectivity index (χ4v) is 2.97. The van der Waals surface area contributed by atoms with Crippen molar-refractivity contribution in [1.82, 2.24) is 5.32 Å². The standard InChI is InChI=1S/C13H17Cl2NO2S/c1-4-18-12(17)13(2,16-3)8-19-11-7-9(14)5-6-10(11)15/h5-7,16H,4,8H2,1-3H3. The van der Waals surface area contributed by atoms with E-state index >= 15 is 0 Å². The maximum Gasteiger partial charge on any atom is 0.326 e. The zero-order valence-corrected chi connectivity index (χ0v) is 13.5. The van der Waals surface area contributed by atoms with Gasteiger partial charge in [0.1, 0.15) is 5.54 Å². The summed E-state index contributed by atoms with van der Waals surface area (Å²) in [5.74, 6) is 0.228. The number of nitrogens with one attached hydrogen (secondary N) is 1. The third-order valence-corrected chi connectivity index (χ3v) is 4.73. The molecule has 6 heteroatoms. The lowest BCUT2D eigenvalue weighted by Gasteiger charge is -2.26. The minimum absolute atomic E-state index is 0.275. The van der Waals surface area contributed by atoms with Crippen molar-refractivity contribution in [3.8, 4) is 0 Å². The van der Waals surface area contributed by atoms with Crippen LogP contribution in [0.5, 0.6) is 0 Å². The number of halogens is 2. The van der Waals surface area contributed by atoms with E-state index < -0.39 is 5.54 Å². The summed E-state index contributed by atoms with van der Waals surface area (Å²) < 4.78 is 5.07. The van der Waals surface area contributed by atoms with E-state index in [0.29, 0.717) is 22.4 Å². The lowest BCUT2D eigenvalue weighted by Crippen LogP contribution is -2.50. The Bertz CT molecular complexity index is 456. The Balaban J connectivity index is 2.77. The van der Waals surface area contributed by atoms with Crippen LogP contribution < -0.4 is 5.32 Å². The molecule has 0 radical (unpaired) electrons. The molecule has 0 fully saturated rings. The number of likely N-dealkylation sites (N-methyl/N-ethyl adjacent to an activating group) is 1. The largest absolute Gasteiger partial charge is 0.465 e. The predicted octanol–water partition coefficient (Wildman–Crippen LogP) is 3.63. The number of hydrogen-bond donors (Lipinski definition) is 1. The molecule has 1 aromatic rings. The average Bonchev–Trinajstić information content (AvgIpc) is 2.39. The van der Waals surface area contributed by atoms with Crippen molar-refractivity contribution in [1.29, 1.82) is 0 Å². The highest BCUT2D eigenvalue weighted by Crippen LogP contribution is 2.32. The summed E-state index contributed by atoms with van der Waals surface area (Å²) in [5, 5.41) is 4.24. The molecule has 0 saturated carbocycles. The molecule has 1 aromatic carbocycles. The van der Waals surface area contributed by atoms with Crippen LogP contribution >= 0.6 is 35.0 Å². The minimum Gasteiger partial charge on any atom is -0.465 e. The van der Waals surface area contributed by atoms with Crippen molar-refractivity contribution in [3.63, 3.8) is 0 Å². The van der Waals surface area contributed by atoms with Crippen molar-refractivity contribution >= 4 is 40.9 Å². The average molecular weight is 322 g/mol. The van der Waals surface area contributed by atoms with E-state index in [1.807, 2.05) is 0 Å². The smallest absolute Gasteiger partial charge is 0.326 e. The summed E-state index contributed by atoms with van der Waals surface area (Å²) >= 11 is 13.5.